The average Bonchev–Trinajstić information content (AvgIpc) is 3.53. The van der Waals surface area contributed by atoms with Crippen molar-refractivity contribution in [3.8, 4) is 0 Å². The first-order chi connectivity index (χ1) is 17.7. The molecule has 0 radical (unpaired) electrons. The molecule has 1 aromatic rings. The Hall–Kier alpha value is -3.46. The van der Waals surface area contributed by atoms with Crippen LogP contribution >= 0.6 is 23.3 Å². The van der Waals surface area contributed by atoms with E-state index in [0.717, 1.165) is 24.4 Å². The van der Waals surface area contributed by atoms with Gasteiger partial charge in [-0.25, -0.2) is 4.79 Å². The minimum Gasteiger partial charge on any atom is -0.425 e. The molecule has 4 rings (SSSR count). The SMILES string of the molecule is CCC(OC(C)=O)OC(=O)C1=CC(C)S[C@H]2C(NC(=O)C(=NOC3C=CCC3)c3nsc(N)n3)C(=O)N12. The molecule has 0 aromatic carbocycles. The predicted octanol–water partition coefficient (Wildman–Crippen LogP) is 1.07. The normalized spacial score (nSPS) is 25.5. The van der Waals surface area contributed by atoms with Crippen molar-refractivity contribution in [1.82, 2.24) is 19.6 Å². The van der Waals surface area contributed by atoms with Gasteiger partial charge in [0.05, 0.1) is 0 Å². The third-order valence-electron chi connectivity index (χ3n) is 5.53. The number of nitrogens with zero attached hydrogens (tertiary/aromatic N) is 4. The Morgan fingerprint density at radius 1 is 1.35 bits per heavy atom. The van der Waals surface area contributed by atoms with Crippen molar-refractivity contribution in [3.63, 3.8) is 0 Å². The molecule has 1 fully saturated rings. The van der Waals surface area contributed by atoms with Crippen LogP contribution in [0.1, 0.15) is 45.9 Å². The summed E-state index contributed by atoms with van der Waals surface area (Å²) in [7, 11) is 0. The summed E-state index contributed by atoms with van der Waals surface area (Å²) in [6, 6.07) is -0.945. The van der Waals surface area contributed by atoms with Gasteiger partial charge in [0.25, 0.3) is 11.8 Å². The van der Waals surface area contributed by atoms with Crippen molar-refractivity contribution < 1.29 is 33.5 Å². The number of thioether (sulfide) groups is 1. The van der Waals surface area contributed by atoms with Gasteiger partial charge in [-0.1, -0.05) is 18.2 Å². The molecule has 2 aliphatic heterocycles. The Bertz CT molecular complexity index is 1180. The molecule has 4 unspecified atom stereocenters. The van der Waals surface area contributed by atoms with Crippen LogP contribution in [-0.2, 0) is 33.5 Å². The molecule has 37 heavy (non-hydrogen) atoms. The second-order valence-corrected chi connectivity index (χ2v) is 10.6. The van der Waals surface area contributed by atoms with Crippen LogP contribution in [-0.4, -0.2) is 72.8 Å². The summed E-state index contributed by atoms with van der Waals surface area (Å²) in [5.41, 5.74) is 5.49. The van der Waals surface area contributed by atoms with E-state index in [1.165, 1.54) is 23.6 Å². The van der Waals surface area contributed by atoms with Crippen LogP contribution < -0.4 is 11.1 Å². The largest absolute Gasteiger partial charge is 0.425 e. The van der Waals surface area contributed by atoms with E-state index in [2.05, 4.69) is 19.8 Å². The molecular weight excluding hydrogens is 524 g/mol. The molecule has 198 valence electrons. The molecule has 13 nitrogen and oxygen atoms in total. The van der Waals surface area contributed by atoms with Crippen LogP contribution in [0.5, 0.6) is 0 Å². The Morgan fingerprint density at radius 2 is 2.14 bits per heavy atom. The average molecular weight is 551 g/mol. The van der Waals surface area contributed by atoms with Crippen LogP contribution in [0.25, 0.3) is 0 Å². The highest BCUT2D eigenvalue weighted by molar-refractivity contribution is 8.00. The lowest BCUT2D eigenvalue weighted by Gasteiger charge is -2.49. The van der Waals surface area contributed by atoms with Crippen LogP contribution in [0, 0.1) is 0 Å². The number of esters is 2. The van der Waals surface area contributed by atoms with E-state index >= 15 is 0 Å². The zero-order valence-electron chi connectivity index (χ0n) is 20.3. The van der Waals surface area contributed by atoms with E-state index in [0.29, 0.717) is 0 Å². The molecule has 1 saturated heterocycles. The maximum absolute atomic E-state index is 13.2. The monoisotopic (exact) mass is 550 g/mol. The molecule has 1 aromatic heterocycles. The number of amides is 2. The van der Waals surface area contributed by atoms with Crippen LogP contribution in [0.4, 0.5) is 5.13 Å². The summed E-state index contributed by atoms with van der Waals surface area (Å²) in [6.45, 7) is 4.74. The number of fused-ring (bicyclic) bond motifs is 1. The summed E-state index contributed by atoms with van der Waals surface area (Å²) in [6.07, 6.45) is 5.83. The van der Waals surface area contributed by atoms with Crippen LogP contribution in [0.3, 0.4) is 0 Å². The second-order valence-electron chi connectivity index (χ2n) is 8.34. The molecule has 1 aliphatic carbocycles. The summed E-state index contributed by atoms with van der Waals surface area (Å²) in [5.74, 6) is -2.64. The van der Waals surface area contributed by atoms with E-state index in [1.54, 1.807) is 13.0 Å². The van der Waals surface area contributed by atoms with Gasteiger partial charge in [-0.05, 0) is 31.9 Å². The highest BCUT2D eigenvalue weighted by Gasteiger charge is 2.54. The van der Waals surface area contributed by atoms with Gasteiger partial charge in [0.15, 0.2) is 5.13 Å². The van der Waals surface area contributed by atoms with Gasteiger partial charge in [-0.15, -0.1) is 11.8 Å². The number of hydrogen-bond donors (Lipinski definition) is 2. The van der Waals surface area contributed by atoms with E-state index < -0.39 is 41.5 Å². The van der Waals surface area contributed by atoms with E-state index in [-0.39, 0.29) is 40.1 Å². The number of aromatic nitrogens is 2. The second kappa shape index (κ2) is 11.3. The van der Waals surface area contributed by atoms with Crippen LogP contribution in [0.15, 0.2) is 29.1 Å². The van der Waals surface area contributed by atoms with E-state index in [9.17, 15) is 19.2 Å². The standard InChI is InChI=1S/C22H26N6O7S2/c1-4-14(33-11(3)29)34-21(32)13-9-10(2)36-20-16(19(31)28(13)20)24-18(30)15(17-25-22(23)37-27-17)26-35-12-7-5-6-8-12/h5,7,9-10,12,14,16,20H,4,6,8H2,1-3H3,(H,24,30)(H2,23,25,27)/t10?,12?,14?,16?,20-/m0/s1. The minimum absolute atomic E-state index is 0.0180. The van der Waals surface area contributed by atoms with Crippen molar-refractivity contribution in [2.24, 2.45) is 5.16 Å². The topological polar surface area (TPSA) is 175 Å². The molecule has 3 aliphatic rings. The van der Waals surface area contributed by atoms with Crippen molar-refractivity contribution >= 4 is 57.9 Å². The lowest BCUT2D eigenvalue weighted by atomic mass is 10.0. The molecule has 5 atom stereocenters. The first-order valence-electron chi connectivity index (χ1n) is 11.6. The van der Waals surface area contributed by atoms with Crippen molar-refractivity contribution in [2.75, 3.05) is 5.73 Å². The molecule has 3 N–H and O–H groups in total. The number of hydrogen-bond acceptors (Lipinski definition) is 13. The molecule has 3 heterocycles. The fraction of sp³-hybridized carbons (Fsp3) is 0.500. The molecule has 15 heteroatoms. The quantitative estimate of drug-likeness (QED) is 0.112. The molecule has 2 amide bonds. The summed E-state index contributed by atoms with van der Waals surface area (Å²) in [5, 5.41) is 6.04. The molecule has 0 saturated carbocycles. The lowest BCUT2D eigenvalue weighted by Crippen LogP contribution is -2.71. The van der Waals surface area contributed by atoms with Gasteiger partial charge in [-0.3, -0.25) is 19.3 Å². The van der Waals surface area contributed by atoms with Gasteiger partial charge < -0.3 is 25.4 Å². The first-order valence-corrected chi connectivity index (χ1v) is 13.3. The fourth-order valence-electron chi connectivity index (χ4n) is 3.81. The number of oxime groups is 1. The Labute approximate surface area is 220 Å². The Morgan fingerprint density at radius 3 is 2.76 bits per heavy atom. The number of nitrogens with one attached hydrogen (secondary N) is 1. The zero-order valence-corrected chi connectivity index (χ0v) is 21.9. The number of nitrogens with two attached hydrogens (primary N) is 1. The Balaban J connectivity index is 1.47. The fourth-order valence-corrected chi connectivity index (χ4v) is 5.58. The number of β-lactam (4-membered cyclic amide) rings is 1. The number of ether oxygens (including phenoxy) is 2. The van der Waals surface area contributed by atoms with Gasteiger partial charge in [0, 0.05) is 30.1 Å². The molecular formula is C22H26N6O7S2. The smallest absolute Gasteiger partial charge is 0.357 e. The molecule has 0 spiro atoms. The Kier molecular flexibility index (Phi) is 8.12. The summed E-state index contributed by atoms with van der Waals surface area (Å²) < 4.78 is 14.3. The van der Waals surface area contributed by atoms with Crippen molar-refractivity contribution in [3.05, 3.63) is 29.7 Å². The number of carbonyl (C=O) groups is 4. The first kappa shape index (κ1) is 26.6. The van der Waals surface area contributed by atoms with Gasteiger partial charge in [0.2, 0.25) is 17.8 Å². The number of carbonyl (C=O) groups excluding carboxylic acids is 4. The number of rotatable bonds is 9. The maximum Gasteiger partial charge on any atom is 0.357 e. The van der Waals surface area contributed by atoms with Crippen molar-refractivity contribution in [1.29, 1.82) is 0 Å². The number of nitrogen functional groups attached to an aromatic ring is 1. The predicted molar refractivity (Wildman–Crippen MR) is 134 cm³/mol. The summed E-state index contributed by atoms with van der Waals surface area (Å²) in [4.78, 5) is 61.1. The highest BCUT2D eigenvalue weighted by atomic mass is 32.2. The highest BCUT2D eigenvalue weighted by Crippen LogP contribution is 2.41. The third kappa shape index (κ3) is 5.93. The van der Waals surface area contributed by atoms with Gasteiger partial charge >= 0.3 is 11.9 Å². The lowest BCUT2D eigenvalue weighted by molar-refractivity contribution is -0.186. The van der Waals surface area contributed by atoms with E-state index in [4.69, 9.17) is 20.0 Å². The van der Waals surface area contributed by atoms with Gasteiger partial charge in [-0.2, -0.15) is 9.36 Å². The van der Waals surface area contributed by atoms with E-state index in [1.807, 2.05) is 19.1 Å². The zero-order chi connectivity index (χ0) is 26.7. The number of anilines is 1. The summed E-state index contributed by atoms with van der Waals surface area (Å²) >= 11 is 2.28. The number of allylic oxidation sites excluding steroid dienone is 1. The third-order valence-corrected chi connectivity index (χ3v) is 7.40. The van der Waals surface area contributed by atoms with Gasteiger partial charge in [0.1, 0.15) is 23.2 Å². The molecule has 0 bridgehead atoms. The maximum atomic E-state index is 13.2. The van der Waals surface area contributed by atoms with Crippen molar-refractivity contribution in [2.45, 2.75) is 69.1 Å². The van der Waals surface area contributed by atoms with Crippen LogP contribution in [0.2, 0.25) is 0 Å². The minimum atomic E-state index is -1.08.